The summed E-state index contributed by atoms with van der Waals surface area (Å²) >= 11 is 0. The lowest BCUT2D eigenvalue weighted by molar-refractivity contribution is -0.136. The van der Waals surface area contributed by atoms with Crippen LogP contribution in [0, 0.1) is 12.8 Å². The Bertz CT molecular complexity index is 1030. The third-order valence-corrected chi connectivity index (χ3v) is 6.61. The Labute approximate surface area is 196 Å². The Balaban J connectivity index is 1.38. The predicted molar refractivity (Wildman–Crippen MR) is 131 cm³/mol. The molecule has 3 heterocycles. The Morgan fingerprint density at radius 2 is 1.73 bits per heavy atom. The molecule has 2 fully saturated rings. The molecule has 1 atom stereocenters. The van der Waals surface area contributed by atoms with Crippen LogP contribution in [0.3, 0.4) is 0 Å². The first kappa shape index (κ1) is 23.2. The highest BCUT2D eigenvalue weighted by Gasteiger charge is 2.38. The van der Waals surface area contributed by atoms with Gasteiger partial charge in [-0.15, -0.1) is 0 Å². The monoisotopic (exact) mass is 449 g/mol. The van der Waals surface area contributed by atoms with Crippen molar-refractivity contribution in [1.29, 1.82) is 0 Å². The van der Waals surface area contributed by atoms with E-state index in [2.05, 4.69) is 49.7 Å². The van der Waals surface area contributed by atoms with E-state index in [1.165, 1.54) is 5.56 Å². The molecule has 2 aliphatic heterocycles. The first-order chi connectivity index (χ1) is 15.7. The summed E-state index contributed by atoms with van der Waals surface area (Å²) in [6.45, 7) is 13.7. The van der Waals surface area contributed by atoms with E-state index in [4.69, 9.17) is 4.98 Å². The number of amides is 2. The second-order valence-electron chi connectivity index (χ2n) is 9.85. The fourth-order valence-electron chi connectivity index (χ4n) is 4.58. The maximum atomic E-state index is 13.2. The van der Waals surface area contributed by atoms with Gasteiger partial charge in [0.15, 0.2) is 0 Å². The molecule has 2 aromatic rings. The molecule has 0 bridgehead atoms. The number of rotatable bonds is 5. The summed E-state index contributed by atoms with van der Waals surface area (Å²) in [4.78, 5) is 41.2. The normalized spacial score (nSPS) is 19.2. The van der Waals surface area contributed by atoms with Gasteiger partial charge in [0.05, 0.1) is 5.92 Å². The van der Waals surface area contributed by atoms with Crippen molar-refractivity contribution in [3.8, 4) is 0 Å². The minimum atomic E-state index is -0.277. The van der Waals surface area contributed by atoms with Crippen LogP contribution in [0.25, 0.3) is 0 Å². The van der Waals surface area contributed by atoms with E-state index in [9.17, 15) is 9.59 Å². The molecule has 4 rings (SSSR count). The highest BCUT2D eigenvalue weighted by molar-refractivity contribution is 6.00. The fraction of sp³-hybridized carbons (Fsp3) is 0.538. The standard InChI is InChI=1S/C26H35N5O2/c1-17(2)20-7-6-8-22(14-20)31-16-21(15-24(31)32)26(33)30-11-9-29(10-12-30)23-13-19(5)27-25(28-23)18(3)4/h6-8,13-14,17-18,21H,9-12,15-16H2,1-5H3. The SMILES string of the molecule is Cc1cc(N2CCN(C(=O)C3CC(=O)N(c4cccc(C(C)C)c4)C3)CC2)nc(C(C)C)n1. The molecule has 7 heteroatoms. The number of hydrogen-bond donors (Lipinski definition) is 0. The summed E-state index contributed by atoms with van der Waals surface area (Å²) in [6, 6.07) is 10.1. The van der Waals surface area contributed by atoms with Crippen molar-refractivity contribution < 1.29 is 9.59 Å². The van der Waals surface area contributed by atoms with Crippen LogP contribution in [0.2, 0.25) is 0 Å². The Hall–Kier alpha value is -2.96. The van der Waals surface area contributed by atoms with Gasteiger partial charge in [0.1, 0.15) is 11.6 Å². The second kappa shape index (κ2) is 9.49. The van der Waals surface area contributed by atoms with E-state index in [-0.39, 0.29) is 30.1 Å². The molecular formula is C26H35N5O2. The molecule has 0 N–H and O–H groups in total. The van der Waals surface area contributed by atoms with Gasteiger partial charge in [0, 0.05) is 62.5 Å². The minimum absolute atomic E-state index is 0.0329. The fourth-order valence-corrected chi connectivity index (χ4v) is 4.58. The van der Waals surface area contributed by atoms with Gasteiger partial charge in [-0.25, -0.2) is 9.97 Å². The van der Waals surface area contributed by atoms with E-state index in [1.807, 2.05) is 30.0 Å². The first-order valence-corrected chi connectivity index (χ1v) is 12.0. The Morgan fingerprint density at radius 1 is 1.00 bits per heavy atom. The zero-order valence-corrected chi connectivity index (χ0v) is 20.4. The van der Waals surface area contributed by atoms with Crippen molar-refractivity contribution in [2.45, 2.75) is 52.9 Å². The number of aromatic nitrogens is 2. The summed E-state index contributed by atoms with van der Waals surface area (Å²) in [5, 5.41) is 0. The molecule has 1 aromatic heterocycles. The summed E-state index contributed by atoms with van der Waals surface area (Å²) in [6.07, 6.45) is 0.286. The average Bonchev–Trinajstić information content (AvgIpc) is 3.20. The van der Waals surface area contributed by atoms with E-state index < -0.39 is 0 Å². The largest absolute Gasteiger partial charge is 0.353 e. The molecule has 0 aliphatic carbocycles. The average molecular weight is 450 g/mol. The minimum Gasteiger partial charge on any atom is -0.353 e. The zero-order chi connectivity index (χ0) is 23.7. The van der Waals surface area contributed by atoms with Gasteiger partial charge >= 0.3 is 0 Å². The second-order valence-corrected chi connectivity index (χ2v) is 9.85. The van der Waals surface area contributed by atoms with Crippen molar-refractivity contribution in [2.75, 3.05) is 42.5 Å². The van der Waals surface area contributed by atoms with E-state index in [1.54, 1.807) is 4.90 Å². The van der Waals surface area contributed by atoms with Crippen LogP contribution in [0.15, 0.2) is 30.3 Å². The molecule has 7 nitrogen and oxygen atoms in total. The molecule has 0 saturated carbocycles. The molecule has 33 heavy (non-hydrogen) atoms. The van der Waals surface area contributed by atoms with Gasteiger partial charge < -0.3 is 14.7 Å². The lowest BCUT2D eigenvalue weighted by Crippen LogP contribution is -2.51. The summed E-state index contributed by atoms with van der Waals surface area (Å²) in [5.41, 5.74) is 3.06. The molecule has 0 spiro atoms. The lowest BCUT2D eigenvalue weighted by Gasteiger charge is -2.36. The van der Waals surface area contributed by atoms with Crippen molar-refractivity contribution in [3.63, 3.8) is 0 Å². The predicted octanol–water partition coefficient (Wildman–Crippen LogP) is 3.73. The quantitative estimate of drug-likeness (QED) is 0.696. The van der Waals surface area contributed by atoms with Gasteiger partial charge in [-0.3, -0.25) is 9.59 Å². The van der Waals surface area contributed by atoms with E-state index in [0.29, 0.717) is 25.6 Å². The van der Waals surface area contributed by atoms with Crippen LogP contribution in [0.1, 0.15) is 63.0 Å². The molecular weight excluding hydrogens is 414 g/mol. The smallest absolute Gasteiger partial charge is 0.228 e. The Kier molecular flexibility index (Phi) is 6.68. The van der Waals surface area contributed by atoms with Crippen LogP contribution >= 0.6 is 0 Å². The van der Waals surface area contributed by atoms with Crippen molar-refractivity contribution >= 4 is 23.3 Å². The topological polar surface area (TPSA) is 69.6 Å². The van der Waals surface area contributed by atoms with Crippen LogP contribution in [-0.2, 0) is 9.59 Å². The number of nitrogens with zero attached hydrogens (tertiary/aromatic N) is 5. The van der Waals surface area contributed by atoms with Crippen molar-refractivity contribution in [2.24, 2.45) is 5.92 Å². The number of piperazine rings is 1. The summed E-state index contributed by atoms with van der Waals surface area (Å²) < 4.78 is 0. The van der Waals surface area contributed by atoms with Crippen molar-refractivity contribution in [1.82, 2.24) is 14.9 Å². The Morgan fingerprint density at radius 3 is 2.39 bits per heavy atom. The summed E-state index contributed by atoms with van der Waals surface area (Å²) in [5.74, 6) is 2.31. The number of carbonyl (C=O) groups is 2. The molecule has 176 valence electrons. The number of benzene rings is 1. The number of aryl methyl sites for hydroxylation is 1. The molecule has 1 unspecified atom stereocenters. The number of carbonyl (C=O) groups excluding carboxylic acids is 2. The van der Waals surface area contributed by atoms with Gasteiger partial charge in [0.25, 0.3) is 0 Å². The van der Waals surface area contributed by atoms with Crippen molar-refractivity contribution in [3.05, 3.63) is 47.4 Å². The van der Waals surface area contributed by atoms with Gasteiger partial charge in [-0.2, -0.15) is 0 Å². The van der Waals surface area contributed by atoms with Crippen LogP contribution in [-0.4, -0.2) is 59.4 Å². The highest BCUT2D eigenvalue weighted by Crippen LogP contribution is 2.29. The molecule has 2 amide bonds. The van der Waals surface area contributed by atoms with Crippen LogP contribution < -0.4 is 9.80 Å². The van der Waals surface area contributed by atoms with E-state index >= 15 is 0 Å². The number of anilines is 2. The maximum Gasteiger partial charge on any atom is 0.228 e. The first-order valence-electron chi connectivity index (χ1n) is 12.0. The molecule has 0 radical (unpaired) electrons. The summed E-state index contributed by atoms with van der Waals surface area (Å²) in [7, 11) is 0. The van der Waals surface area contributed by atoms with Gasteiger partial charge in [0.2, 0.25) is 11.8 Å². The van der Waals surface area contributed by atoms with Crippen LogP contribution in [0.5, 0.6) is 0 Å². The van der Waals surface area contributed by atoms with Gasteiger partial charge in [-0.1, -0.05) is 39.8 Å². The molecule has 2 saturated heterocycles. The zero-order valence-electron chi connectivity index (χ0n) is 20.4. The van der Waals surface area contributed by atoms with Crippen LogP contribution in [0.4, 0.5) is 11.5 Å². The van der Waals surface area contributed by atoms with E-state index in [0.717, 1.165) is 36.1 Å². The molecule has 1 aromatic carbocycles. The highest BCUT2D eigenvalue weighted by atomic mass is 16.2. The van der Waals surface area contributed by atoms with Gasteiger partial charge in [-0.05, 0) is 30.5 Å². The lowest BCUT2D eigenvalue weighted by atomic mass is 10.0. The molecule has 2 aliphatic rings. The third kappa shape index (κ3) is 5.02. The number of hydrogen-bond acceptors (Lipinski definition) is 5. The third-order valence-electron chi connectivity index (χ3n) is 6.61. The maximum absolute atomic E-state index is 13.2.